The second-order valence-electron chi connectivity index (χ2n) is 3.95. The van der Waals surface area contributed by atoms with Gasteiger partial charge in [0, 0.05) is 17.9 Å². The Morgan fingerprint density at radius 2 is 2.21 bits per heavy atom. The van der Waals surface area contributed by atoms with Crippen LogP contribution in [-0.2, 0) is 6.42 Å². The minimum Gasteiger partial charge on any atom is -0.332 e. The Morgan fingerprint density at radius 3 is 2.86 bits per heavy atom. The van der Waals surface area contributed by atoms with E-state index in [-0.39, 0.29) is 0 Å². The van der Waals surface area contributed by atoms with Crippen LogP contribution in [0.4, 0.5) is 0 Å². The van der Waals surface area contributed by atoms with Gasteiger partial charge in [-0.05, 0) is 46.7 Å². The molecule has 3 heteroatoms. The van der Waals surface area contributed by atoms with E-state index in [1.165, 1.54) is 18.5 Å². The highest BCUT2D eigenvalue weighted by Gasteiger charge is 2.04. The standard InChI is InChI=1S/C11H21N3/c1-10(2)14-9-13-8-11(14)6-4-5-7-12-3/h8-10,12H,4-7H2,1-3H3. The molecule has 1 aromatic rings. The highest BCUT2D eigenvalue weighted by atomic mass is 15.1. The zero-order chi connectivity index (χ0) is 10.4. The summed E-state index contributed by atoms with van der Waals surface area (Å²) in [5.41, 5.74) is 1.36. The lowest BCUT2D eigenvalue weighted by atomic mass is 10.2. The van der Waals surface area contributed by atoms with Crippen LogP contribution < -0.4 is 5.32 Å². The lowest BCUT2D eigenvalue weighted by molar-refractivity contribution is 0.560. The van der Waals surface area contributed by atoms with Gasteiger partial charge in [-0.15, -0.1) is 0 Å². The number of nitrogens with zero attached hydrogens (tertiary/aromatic N) is 2. The lowest BCUT2D eigenvalue weighted by Crippen LogP contribution is -2.09. The number of aryl methyl sites for hydroxylation is 1. The minimum atomic E-state index is 0.525. The first-order valence-corrected chi connectivity index (χ1v) is 5.41. The highest BCUT2D eigenvalue weighted by molar-refractivity contribution is 4.99. The van der Waals surface area contributed by atoms with E-state index in [4.69, 9.17) is 0 Å². The summed E-state index contributed by atoms with van der Waals surface area (Å²) in [4.78, 5) is 4.19. The molecule has 0 aliphatic rings. The van der Waals surface area contributed by atoms with Crippen molar-refractivity contribution in [1.29, 1.82) is 0 Å². The molecule has 0 bridgehead atoms. The molecule has 0 spiro atoms. The molecule has 0 saturated carbocycles. The Bertz CT molecular complexity index is 253. The van der Waals surface area contributed by atoms with Crippen molar-refractivity contribution in [3.8, 4) is 0 Å². The van der Waals surface area contributed by atoms with Crippen molar-refractivity contribution in [2.24, 2.45) is 0 Å². The fraction of sp³-hybridized carbons (Fsp3) is 0.727. The number of aromatic nitrogens is 2. The van der Waals surface area contributed by atoms with Gasteiger partial charge in [-0.1, -0.05) is 0 Å². The van der Waals surface area contributed by atoms with E-state index in [0.717, 1.165) is 13.0 Å². The molecule has 0 fully saturated rings. The van der Waals surface area contributed by atoms with Gasteiger partial charge in [0.1, 0.15) is 0 Å². The predicted octanol–water partition coefficient (Wildman–Crippen LogP) is 2.01. The van der Waals surface area contributed by atoms with Gasteiger partial charge in [-0.25, -0.2) is 4.98 Å². The maximum atomic E-state index is 4.19. The summed E-state index contributed by atoms with van der Waals surface area (Å²) < 4.78 is 2.25. The molecule has 0 unspecified atom stereocenters. The SMILES string of the molecule is CNCCCCc1cncn1C(C)C. The molecule has 0 radical (unpaired) electrons. The zero-order valence-electron chi connectivity index (χ0n) is 9.45. The Labute approximate surface area is 86.5 Å². The molecule has 0 aliphatic carbocycles. The fourth-order valence-electron chi connectivity index (χ4n) is 1.60. The molecule has 0 amide bonds. The van der Waals surface area contributed by atoms with Gasteiger partial charge in [0.2, 0.25) is 0 Å². The van der Waals surface area contributed by atoms with Crippen LogP contribution in [-0.4, -0.2) is 23.1 Å². The highest BCUT2D eigenvalue weighted by Crippen LogP contribution is 2.11. The number of hydrogen-bond donors (Lipinski definition) is 1. The van der Waals surface area contributed by atoms with Crippen molar-refractivity contribution in [2.75, 3.05) is 13.6 Å². The smallest absolute Gasteiger partial charge is 0.0950 e. The Hall–Kier alpha value is -0.830. The third-order valence-electron chi connectivity index (χ3n) is 2.41. The van der Waals surface area contributed by atoms with Gasteiger partial charge in [-0.3, -0.25) is 0 Å². The van der Waals surface area contributed by atoms with Crippen LogP contribution in [0.2, 0.25) is 0 Å². The summed E-state index contributed by atoms with van der Waals surface area (Å²) in [5.74, 6) is 0. The van der Waals surface area contributed by atoms with E-state index in [9.17, 15) is 0 Å². The summed E-state index contributed by atoms with van der Waals surface area (Å²) in [6, 6.07) is 0.525. The van der Waals surface area contributed by atoms with Gasteiger partial charge in [0.25, 0.3) is 0 Å². The van der Waals surface area contributed by atoms with Crippen LogP contribution >= 0.6 is 0 Å². The number of nitrogens with one attached hydrogen (secondary N) is 1. The normalized spacial score (nSPS) is 11.1. The van der Waals surface area contributed by atoms with Crippen molar-refractivity contribution < 1.29 is 0 Å². The summed E-state index contributed by atoms with van der Waals surface area (Å²) in [5, 5.41) is 3.16. The number of imidazole rings is 1. The minimum absolute atomic E-state index is 0.525. The second-order valence-corrected chi connectivity index (χ2v) is 3.95. The molecule has 1 rings (SSSR count). The molecule has 14 heavy (non-hydrogen) atoms. The van der Waals surface area contributed by atoms with Crippen LogP contribution in [0.25, 0.3) is 0 Å². The molecule has 1 aromatic heterocycles. The molecular formula is C11H21N3. The molecule has 0 aromatic carbocycles. The van der Waals surface area contributed by atoms with Crippen molar-refractivity contribution >= 4 is 0 Å². The van der Waals surface area contributed by atoms with Crippen LogP contribution in [0.1, 0.15) is 38.4 Å². The first kappa shape index (κ1) is 11.2. The average molecular weight is 195 g/mol. The molecule has 0 aliphatic heterocycles. The van der Waals surface area contributed by atoms with E-state index in [0.29, 0.717) is 6.04 Å². The topological polar surface area (TPSA) is 29.9 Å². The average Bonchev–Trinajstić information content (AvgIpc) is 2.60. The van der Waals surface area contributed by atoms with Gasteiger partial charge < -0.3 is 9.88 Å². The van der Waals surface area contributed by atoms with Gasteiger partial charge in [0.15, 0.2) is 0 Å². The first-order chi connectivity index (χ1) is 6.75. The third-order valence-corrected chi connectivity index (χ3v) is 2.41. The summed E-state index contributed by atoms with van der Waals surface area (Å²) >= 11 is 0. The van der Waals surface area contributed by atoms with Crippen LogP contribution in [0.15, 0.2) is 12.5 Å². The van der Waals surface area contributed by atoms with Crippen molar-refractivity contribution in [3.05, 3.63) is 18.2 Å². The van der Waals surface area contributed by atoms with Crippen molar-refractivity contribution in [1.82, 2.24) is 14.9 Å². The van der Waals surface area contributed by atoms with E-state index in [1.807, 2.05) is 19.6 Å². The quantitative estimate of drug-likeness (QED) is 0.704. The maximum absolute atomic E-state index is 4.19. The van der Waals surface area contributed by atoms with E-state index >= 15 is 0 Å². The molecular weight excluding hydrogens is 174 g/mol. The first-order valence-electron chi connectivity index (χ1n) is 5.41. The molecule has 1 N–H and O–H groups in total. The molecule has 80 valence electrons. The molecule has 0 saturated heterocycles. The molecule has 1 heterocycles. The Morgan fingerprint density at radius 1 is 1.43 bits per heavy atom. The second kappa shape index (κ2) is 5.81. The Balaban J connectivity index is 2.38. The number of unbranched alkanes of at least 4 members (excludes halogenated alkanes) is 1. The third kappa shape index (κ3) is 3.14. The number of hydrogen-bond acceptors (Lipinski definition) is 2. The maximum Gasteiger partial charge on any atom is 0.0950 e. The van der Waals surface area contributed by atoms with Crippen molar-refractivity contribution in [2.45, 2.75) is 39.2 Å². The van der Waals surface area contributed by atoms with E-state index < -0.39 is 0 Å². The van der Waals surface area contributed by atoms with Gasteiger partial charge in [0.05, 0.1) is 6.33 Å². The number of rotatable bonds is 6. The predicted molar refractivity (Wildman–Crippen MR) is 59.5 cm³/mol. The summed E-state index contributed by atoms with van der Waals surface area (Å²) in [7, 11) is 2.00. The largest absolute Gasteiger partial charge is 0.332 e. The van der Waals surface area contributed by atoms with Crippen LogP contribution in [0.5, 0.6) is 0 Å². The monoisotopic (exact) mass is 195 g/mol. The van der Waals surface area contributed by atoms with E-state index in [1.54, 1.807) is 0 Å². The summed E-state index contributed by atoms with van der Waals surface area (Å²) in [6.07, 6.45) is 7.52. The van der Waals surface area contributed by atoms with Gasteiger partial charge >= 0.3 is 0 Å². The molecule has 3 nitrogen and oxygen atoms in total. The van der Waals surface area contributed by atoms with Crippen molar-refractivity contribution in [3.63, 3.8) is 0 Å². The van der Waals surface area contributed by atoms with Gasteiger partial charge in [-0.2, -0.15) is 0 Å². The lowest BCUT2D eigenvalue weighted by Gasteiger charge is -2.11. The zero-order valence-corrected chi connectivity index (χ0v) is 9.45. The van der Waals surface area contributed by atoms with Crippen LogP contribution in [0.3, 0.4) is 0 Å². The molecule has 0 atom stereocenters. The van der Waals surface area contributed by atoms with Crippen LogP contribution in [0, 0.1) is 0 Å². The van der Waals surface area contributed by atoms with E-state index in [2.05, 4.69) is 28.7 Å². The fourth-order valence-corrected chi connectivity index (χ4v) is 1.60. The summed E-state index contributed by atoms with van der Waals surface area (Å²) in [6.45, 7) is 5.49. The Kier molecular flexibility index (Phi) is 4.66.